The Labute approximate surface area is 185 Å². The van der Waals surface area contributed by atoms with E-state index in [1.807, 2.05) is 48.0 Å². The first kappa shape index (κ1) is 21.1. The average molecular weight is 432 g/mol. The van der Waals surface area contributed by atoms with Gasteiger partial charge in [-0.2, -0.15) is 5.10 Å². The number of aryl methyl sites for hydroxylation is 2. The third-order valence-corrected chi connectivity index (χ3v) is 5.36. The van der Waals surface area contributed by atoms with Crippen molar-refractivity contribution in [3.63, 3.8) is 0 Å². The SMILES string of the molecule is COc1cc(/C(C=NC2CCc3cc(N)ccc3NC2=O)=N/N)ccc1-n1cnc(C)c1. The Morgan fingerprint density at radius 3 is 2.88 bits per heavy atom. The number of anilines is 2. The van der Waals surface area contributed by atoms with Gasteiger partial charge in [-0.1, -0.05) is 6.07 Å². The normalized spacial score (nSPS) is 16.5. The van der Waals surface area contributed by atoms with Crippen LogP contribution in [0.4, 0.5) is 11.4 Å². The molecule has 1 unspecified atom stereocenters. The van der Waals surface area contributed by atoms with E-state index in [0.717, 1.165) is 28.2 Å². The number of benzene rings is 2. The molecule has 0 bridgehead atoms. The van der Waals surface area contributed by atoms with Crippen molar-refractivity contribution in [3.05, 3.63) is 65.7 Å². The number of hydrazone groups is 1. The lowest BCUT2D eigenvalue weighted by Crippen LogP contribution is -2.25. The number of ether oxygens (including phenoxy) is 1. The highest BCUT2D eigenvalue weighted by Crippen LogP contribution is 2.26. The lowest BCUT2D eigenvalue weighted by molar-refractivity contribution is -0.117. The number of fused-ring (bicyclic) bond motifs is 1. The first-order chi connectivity index (χ1) is 15.5. The number of hydrogen-bond acceptors (Lipinski definition) is 7. The van der Waals surface area contributed by atoms with E-state index in [1.54, 1.807) is 19.5 Å². The minimum atomic E-state index is -0.560. The molecule has 1 aliphatic heterocycles. The van der Waals surface area contributed by atoms with Gasteiger partial charge >= 0.3 is 0 Å². The number of hydrogen-bond donors (Lipinski definition) is 3. The second-order valence-corrected chi connectivity index (χ2v) is 7.56. The van der Waals surface area contributed by atoms with Crippen LogP contribution in [0.25, 0.3) is 5.69 Å². The molecule has 4 rings (SSSR count). The van der Waals surface area contributed by atoms with Crippen molar-refractivity contribution in [3.8, 4) is 11.4 Å². The van der Waals surface area contributed by atoms with Gasteiger partial charge in [0.1, 0.15) is 17.5 Å². The van der Waals surface area contributed by atoms with Gasteiger partial charge in [0.2, 0.25) is 5.91 Å². The zero-order chi connectivity index (χ0) is 22.7. The van der Waals surface area contributed by atoms with E-state index < -0.39 is 6.04 Å². The van der Waals surface area contributed by atoms with Crippen LogP contribution in [0.3, 0.4) is 0 Å². The maximum atomic E-state index is 12.6. The van der Waals surface area contributed by atoms with Gasteiger partial charge in [0.05, 0.1) is 31.0 Å². The van der Waals surface area contributed by atoms with Crippen molar-refractivity contribution >= 4 is 29.2 Å². The average Bonchev–Trinajstić information content (AvgIpc) is 3.16. The Morgan fingerprint density at radius 1 is 1.31 bits per heavy atom. The fraction of sp³-hybridized carbons (Fsp3) is 0.217. The van der Waals surface area contributed by atoms with Gasteiger partial charge in [-0.15, -0.1) is 0 Å². The van der Waals surface area contributed by atoms with Crippen LogP contribution >= 0.6 is 0 Å². The molecule has 1 aromatic heterocycles. The summed E-state index contributed by atoms with van der Waals surface area (Å²) in [6.07, 6.45) is 6.40. The third-order valence-electron chi connectivity index (χ3n) is 5.36. The van der Waals surface area contributed by atoms with Crippen LogP contribution in [-0.4, -0.2) is 40.5 Å². The molecule has 1 aliphatic rings. The zero-order valence-electron chi connectivity index (χ0n) is 17.9. The Morgan fingerprint density at radius 2 is 2.16 bits per heavy atom. The summed E-state index contributed by atoms with van der Waals surface area (Å²) in [5.74, 6) is 6.10. The Hall–Kier alpha value is -4.14. The van der Waals surface area contributed by atoms with Crippen LogP contribution in [0.2, 0.25) is 0 Å². The molecule has 164 valence electrons. The summed E-state index contributed by atoms with van der Waals surface area (Å²) in [6.45, 7) is 1.92. The fourth-order valence-electron chi connectivity index (χ4n) is 3.67. The van der Waals surface area contributed by atoms with Crippen molar-refractivity contribution in [2.45, 2.75) is 25.8 Å². The second-order valence-electron chi connectivity index (χ2n) is 7.56. The topological polar surface area (TPSA) is 133 Å². The summed E-state index contributed by atoms with van der Waals surface area (Å²) in [5.41, 5.74) is 11.2. The highest BCUT2D eigenvalue weighted by atomic mass is 16.5. The number of carbonyl (C=O) groups is 1. The molecule has 9 heteroatoms. The molecule has 0 aliphatic carbocycles. The van der Waals surface area contributed by atoms with E-state index in [-0.39, 0.29) is 5.91 Å². The van der Waals surface area contributed by atoms with Crippen molar-refractivity contribution in [1.29, 1.82) is 0 Å². The molecule has 0 saturated carbocycles. The van der Waals surface area contributed by atoms with E-state index in [1.165, 1.54) is 6.21 Å². The molecule has 1 amide bonds. The number of rotatable bonds is 5. The number of amides is 1. The van der Waals surface area contributed by atoms with Crippen LogP contribution in [0, 0.1) is 6.92 Å². The molecule has 32 heavy (non-hydrogen) atoms. The van der Waals surface area contributed by atoms with Crippen LogP contribution in [0.5, 0.6) is 5.75 Å². The first-order valence-corrected chi connectivity index (χ1v) is 10.2. The lowest BCUT2D eigenvalue weighted by Gasteiger charge is -2.12. The van der Waals surface area contributed by atoms with Gasteiger partial charge < -0.3 is 26.2 Å². The zero-order valence-corrected chi connectivity index (χ0v) is 17.9. The smallest absolute Gasteiger partial charge is 0.249 e. The molecule has 3 aromatic rings. The molecular weight excluding hydrogens is 406 g/mol. The molecule has 2 aromatic carbocycles. The van der Waals surface area contributed by atoms with E-state index in [0.29, 0.717) is 30.0 Å². The van der Waals surface area contributed by atoms with Gasteiger partial charge in [-0.3, -0.25) is 9.79 Å². The number of nitrogens with zero attached hydrogens (tertiary/aromatic N) is 4. The Kier molecular flexibility index (Phi) is 5.89. The number of nitrogens with one attached hydrogen (secondary N) is 1. The molecule has 0 radical (unpaired) electrons. The number of nitrogen functional groups attached to an aromatic ring is 1. The van der Waals surface area contributed by atoms with Crippen LogP contribution < -0.4 is 21.6 Å². The standard InChI is InChI=1S/C23H25N7O2/c1-14-12-30(13-27-14)21-8-4-16(10-22(21)32-2)20(29-25)11-26-19-6-3-15-9-17(24)5-7-18(15)28-23(19)31/h4-5,7-13,19H,3,6,24-25H2,1-2H3,(H,28,31)/b26-11?,29-20+. The lowest BCUT2D eigenvalue weighted by atomic mass is 10.1. The van der Waals surface area contributed by atoms with E-state index in [4.69, 9.17) is 16.3 Å². The molecule has 1 atom stereocenters. The van der Waals surface area contributed by atoms with Gasteiger partial charge in [0, 0.05) is 23.1 Å². The number of carbonyl (C=O) groups excluding carboxylic acids is 1. The van der Waals surface area contributed by atoms with Crippen molar-refractivity contribution in [2.24, 2.45) is 15.9 Å². The first-order valence-electron chi connectivity index (χ1n) is 10.2. The molecule has 9 nitrogen and oxygen atoms in total. The molecule has 0 fully saturated rings. The minimum absolute atomic E-state index is 0.176. The summed E-state index contributed by atoms with van der Waals surface area (Å²) >= 11 is 0. The number of aliphatic imine (C=N–C) groups is 1. The number of imidazole rings is 1. The predicted molar refractivity (Wildman–Crippen MR) is 126 cm³/mol. The van der Waals surface area contributed by atoms with E-state index in [2.05, 4.69) is 20.4 Å². The third kappa shape index (κ3) is 4.31. The molecule has 0 spiro atoms. The summed E-state index contributed by atoms with van der Waals surface area (Å²) < 4.78 is 7.44. The quantitative estimate of drug-likeness (QED) is 0.247. The van der Waals surface area contributed by atoms with Gasteiger partial charge in [-0.05, 0) is 55.7 Å². The molecule has 2 heterocycles. The summed E-state index contributed by atoms with van der Waals surface area (Å²) in [5, 5.41) is 6.79. The number of nitrogens with two attached hydrogens (primary N) is 2. The Balaban J connectivity index is 1.55. The van der Waals surface area contributed by atoms with Crippen molar-refractivity contribution in [1.82, 2.24) is 9.55 Å². The van der Waals surface area contributed by atoms with E-state index in [9.17, 15) is 4.79 Å². The van der Waals surface area contributed by atoms with Crippen molar-refractivity contribution < 1.29 is 9.53 Å². The second kappa shape index (κ2) is 8.93. The molecule has 5 N–H and O–H groups in total. The minimum Gasteiger partial charge on any atom is -0.495 e. The van der Waals surface area contributed by atoms with Gasteiger partial charge in [0.25, 0.3) is 0 Å². The highest BCUT2D eigenvalue weighted by molar-refractivity contribution is 6.38. The van der Waals surface area contributed by atoms with Crippen molar-refractivity contribution in [2.75, 3.05) is 18.2 Å². The highest BCUT2D eigenvalue weighted by Gasteiger charge is 2.23. The summed E-state index contributed by atoms with van der Waals surface area (Å²) in [4.78, 5) is 21.4. The predicted octanol–water partition coefficient (Wildman–Crippen LogP) is 2.46. The maximum Gasteiger partial charge on any atom is 0.249 e. The van der Waals surface area contributed by atoms with E-state index >= 15 is 0 Å². The largest absolute Gasteiger partial charge is 0.495 e. The Bertz CT molecular complexity index is 1210. The number of methoxy groups -OCH3 is 1. The molecular formula is C23H25N7O2. The van der Waals surface area contributed by atoms with Crippen LogP contribution in [0.15, 0.2) is 59.0 Å². The monoisotopic (exact) mass is 431 g/mol. The fourth-order valence-corrected chi connectivity index (χ4v) is 3.67. The van der Waals surface area contributed by atoms with Crippen LogP contribution in [0.1, 0.15) is 23.2 Å². The number of aromatic nitrogens is 2. The van der Waals surface area contributed by atoms with Crippen LogP contribution in [-0.2, 0) is 11.2 Å². The van der Waals surface area contributed by atoms with Gasteiger partial charge in [0.15, 0.2) is 0 Å². The maximum absolute atomic E-state index is 12.6. The summed E-state index contributed by atoms with van der Waals surface area (Å²) in [6, 6.07) is 10.5. The van der Waals surface area contributed by atoms with Gasteiger partial charge in [-0.25, -0.2) is 4.98 Å². The molecule has 0 saturated heterocycles. The summed E-state index contributed by atoms with van der Waals surface area (Å²) in [7, 11) is 1.60.